The molecule has 0 unspecified atom stereocenters. The number of esters is 1. The van der Waals surface area contributed by atoms with Crippen LogP contribution in [0.5, 0.6) is 5.75 Å². The largest absolute Gasteiger partial charge is 0.505 e. The molecule has 1 N–H and O–H groups in total. The number of aromatic hydroxyl groups is 1. The van der Waals surface area contributed by atoms with Crippen LogP contribution in [-0.4, -0.2) is 27.7 Å². The van der Waals surface area contributed by atoms with Gasteiger partial charge in [0.15, 0.2) is 11.4 Å². The quantitative estimate of drug-likeness (QED) is 0.682. The van der Waals surface area contributed by atoms with Crippen molar-refractivity contribution in [3.8, 4) is 5.75 Å². The third kappa shape index (κ3) is 3.18. The SMILES string of the molecule is COC(=O)c1ncc2c(cc(Br)c(=O)n2C=Cc2ccccc2)c1O. The fourth-order valence-corrected chi connectivity index (χ4v) is 2.79. The van der Waals surface area contributed by atoms with Gasteiger partial charge in [-0.3, -0.25) is 9.36 Å². The van der Waals surface area contributed by atoms with E-state index in [4.69, 9.17) is 0 Å². The number of nitrogens with zero attached hydrogens (tertiary/aromatic N) is 2. The molecular weight excluding hydrogens is 388 g/mol. The van der Waals surface area contributed by atoms with E-state index in [9.17, 15) is 14.7 Å². The average Bonchev–Trinajstić information content (AvgIpc) is 2.63. The first-order valence-corrected chi connectivity index (χ1v) is 8.06. The molecule has 0 radical (unpaired) electrons. The lowest BCUT2D eigenvalue weighted by Gasteiger charge is -2.10. The summed E-state index contributed by atoms with van der Waals surface area (Å²) >= 11 is 3.19. The van der Waals surface area contributed by atoms with Crippen LogP contribution in [0.15, 0.2) is 51.9 Å². The van der Waals surface area contributed by atoms with Crippen molar-refractivity contribution in [1.29, 1.82) is 0 Å². The zero-order chi connectivity index (χ0) is 18.0. The molecule has 0 aliphatic heterocycles. The van der Waals surface area contributed by atoms with Crippen LogP contribution < -0.4 is 5.56 Å². The van der Waals surface area contributed by atoms with Gasteiger partial charge in [0, 0.05) is 11.6 Å². The Morgan fingerprint density at radius 1 is 1.32 bits per heavy atom. The Kier molecular flexibility index (Phi) is 4.67. The number of rotatable bonds is 3. The number of carbonyl (C=O) groups is 1. The van der Waals surface area contributed by atoms with Crippen molar-refractivity contribution >= 4 is 45.1 Å². The summed E-state index contributed by atoms with van der Waals surface area (Å²) in [4.78, 5) is 28.1. The molecular formula is C18H13BrN2O4. The minimum atomic E-state index is -0.756. The van der Waals surface area contributed by atoms with Crippen molar-refractivity contribution in [3.63, 3.8) is 0 Å². The Bertz CT molecular complexity index is 1040. The Hall–Kier alpha value is -2.93. The standard InChI is InChI=1S/C18H13BrN2O4/c1-25-18(24)15-16(22)12-9-13(19)17(23)21(14(12)10-20-15)8-7-11-5-3-2-4-6-11/h2-10,22H,1H3. The number of aromatic nitrogens is 2. The molecule has 126 valence electrons. The fraction of sp³-hybridized carbons (Fsp3) is 0.0556. The highest BCUT2D eigenvalue weighted by molar-refractivity contribution is 9.10. The molecule has 0 saturated heterocycles. The maximum atomic E-state index is 12.5. The Morgan fingerprint density at radius 3 is 2.72 bits per heavy atom. The first-order valence-electron chi connectivity index (χ1n) is 7.27. The third-order valence-electron chi connectivity index (χ3n) is 3.62. The van der Waals surface area contributed by atoms with Crippen LogP contribution in [0.4, 0.5) is 0 Å². The van der Waals surface area contributed by atoms with Crippen LogP contribution >= 0.6 is 15.9 Å². The number of hydrogen-bond acceptors (Lipinski definition) is 5. The lowest BCUT2D eigenvalue weighted by atomic mass is 10.2. The van der Waals surface area contributed by atoms with Gasteiger partial charge in [0.1, 0.15) is 0 Å². The summed E-state index contributed by atoms with van der Waals surface area (Å²) in [6.45, 7) is 0. The Morgan fingerprint density at radius 2 is 2.04 bits per heavy atom. The summed E-state index contributed by atoms with van der Waals surface area (Å²) in [6, 6.07) is 10.9. The van der Waals surface area contributed by atoms with Gasteiger partial charge in [-0.2, -0.15) is 0 Å². The Balaban J connectivity index is 2.23. The van der Waals surface area contributed by atoms with Crippen molar-refractivity contribution in [1.82, 2.24) is 9.55 Å². The van der Waals surface area contributed by atoms with Gasteiger partial charge in [0.05, 0.1) is 23.3 Å². The number of carbonyl (C=O) groups excluding carboxylic acids is 1. The third-order valence-corrected chi connectivity index (χ3v) is 4.19. The summed E-state index contributed by atoms with van der Waals surface area (Å²) in [5.74, 6) is -1.10. The number of hydrogen-bond donors (Lipinski definition) is 1. The van der Waals surface area contributed by atoms with Crippen LogP contribution in [0.2, 0.25) is 0 Å². The van der Waals surface area contributed by atoms with Gasteiger partial charge in [0.2, 0.25) is 0 Å². The molecule has 3 aromatic rings. The molecule has 3 rings (SSSR count). The molecule has 6 nitrogen and oxygen atoms in total. The maximum absolute atomic E-state index is 12.5. The summed E-state index contributed by atoms with van der Waals surface area (Å²) in [5.41, 5.74) is 0.752. The summed E-state index contributed by atoms with van der Waals surface area (Å²) in [5, 5.41) is 10.7. The van der Waals surface area contributed by atoms with E-state index in [0.29, 0.717) is 10.9 Å². The van der Waals surface area contributed by atoms with Crippen LogP contribution in [0.3, 0.4) is 0 Å². The van der Waals surface area contributed by atoms with E-state index >= 15 is 0 Å². The zero-order valence-electron chi connectivity index (χ0n) is 13.1. The number of pyridine rings is 2. The Labute approximate surface area is 151 Å². The van der Waals surface area contributed by atoms with E-state index < -0.39 is 5.97 Å². The smallest absolute Gasteiger partial charge is 0.360 e. The monoisotopic (exact) mass is 400 g/mol. The van der Waals surface area contributed by atoms with Crippen molar-refractivity contribution in [3.05, 3.63) is 68.7 Å². The van der Waals surface area contributed by atoms with E-state index in [1.54, 1.807) is 12.3 Å². The van der Waals surface area contributed by atoms with Gasteiger partial charge in [-0.1, -0.05) is 30.3 Å². The number of ether oxygens (including phenoxy) is 1. The molecule has 0 saturated carbocycles. The lowest BCUT2D eigenvalue weighted by molar-refractivity contribution is 0.0591. The highest BCUT2D eigenvalue weighted by atomic mass is 79.9. The van der Waals surface area contributed by atoms with E-state index in [2.05, 4.69) is 25.7 Å². The first-order chi connectivity index (χ1) is 12.0. The molecule has 7 heteroatoms. The number of fused-ring (bicyclic) bond motifs is 1. The molecule has 0 spiro atoms. The molecule has 0 fully saturated rings. The second kappa shape index (κ2) is 6.90. The summed E-state index contributed by atoms with van der Waals surface area (Å²) < 4.78 is 6.19. The van der Waals surface area contributed by atoms with Crippen LogP contribution in [0, 0.1) is 0 Å². The first kappa shape index (κ1) is 16.9. The fourth-order valence-electron chi connectivity index (χ4n) is 2.37. The van der Waals surface area contributed by atoms with Gasteiger partial charge in [-0.05, 0) is 33.6 Å². The molecule has 2 aromatic heterocycles. The molecule has 0 aliphatic carbocycles. The molecule has 0 atom stereocenters. The van der Waals surface area contributed by atoms with Crippen LogP contribution in [0.25, 0.3) is 23.2 Å². The molecule has 0 amide bonds. The number of halogens is 1. The average molecular weight is 401 g/mol. The van der Waals surface area contributed by atoms with E-state index in [-0.39, 0.29) is 21.5 Å². The van der Waals surface area contributed by atoms with E-state index in [0.717, 1.165) is 5.56 Å². The van der Waals surface area contributed by atoms with Crippen molar-refractivity contribution in [2.75, 3.05) is 7.11 Å². The van der Waals surface area contributed by atoms with Crippen LogP contribution in [-0.2, 0) is 4.74 Å². The van der Waals surface area contributed by atoms with Gasteiger partial charge < -0.3 is 9.84 Å². The topological polar surface area (TPSA) is 81.4 Å². The number of benzene rings is 1. The normalized spacial score (nSPS) is 11.1. The number of methoxy groups -OCH3 is 1. The highest BCUT2D eigenvalue weighted by Gasteiger charge is 2.18. The highest BCUT2D eigenvalue weighted by Crippen LogP contribution is 2.28. The predicted octanol–water partition coefficient (Wildman–Crippen LogP) is 3.28. The zero-order valence-corrected chi connectivity index (χ0v) is 14.7. The van der Waals surface area contributed by atoms with Crippen LogP contribution in [0.1, 0.15) is 16.1 Å². The molecule has 0 aliphatic rings. The predicted molar refractivity (Wildman–Crippen MR) is 98.4 cm³/mol. The van der Waals surface area contributed by atoms with Crippen molar-refractivity contribution < 1.29 is 14.6 Å². The van der Waals surface area contributed by atoms with Gasteiger partial charge in [-0.15, -0.1) is 0 Å². The molecule has 0 bridgehead atoms. The van der Waals surface area contributed by atoms with Crippen molar-refractivity contribution in [2.24, 2.45) is 0 Å². The van der Waals surface area contributed by atoms with Gasteiger partial charge in [0.25, 0.3) is 5.56 Å². The van der Waals surface area contributed by atoms with Gasteiger partial charge in [-0.25, -0.2) is 9.78 Å². The minimum Gasteiger partial charge on any atom is -0.505 e. The second-order valence-electron chi connectivity index (χ2n) is 5.14. The van der Waals surface area contributed by atoms with E-state index in [1.165, 1.54) is 23.9 Å². The summed E-state index contributed by atoms with van der Waals surface area (Å²) in [7, 11) is 1.20. The van der Waals surface area contributed by atoms with E-state index in [1.807, 2.05) is 30.3 Å². The molecule has 25 heavy (non-hydrogen) atoms. The van der Waals surface area contributed by atoms with Gasteiger partial charge >= 0.3 is 5.97 Å². The summed E-state index contributed by atoms with van der Waals surface area (Å²) in [6.07, 6.45) is 4.70. The maximum Gasteiger partial charge on any atom is 0.360 e. The second-order valence-corrected chi connectivity index (χ2v) is 5.99. The lowest BCUT2D eigenvalue weighted by Crippen LogP contribution is -2.17. The molecule has 2 heterocycles. The van der Waals surface area contributed by atoms with Crippen molar-refractivity contribution in [2.45, 2.75) is 0 Å². The molecule has 1 aromatic carbocycles. The minimum absolute atomic E-state index is 0.209.